The molecule has 1 aliphatic heterocycles. The second-order valence-electron chi connectivity index (χ2n) is 9.44. The van der Waals surface area contributed by atoms with Gasteiger partial charge in [0.2, 0.25) is 0 Å². The Bertz CT molecular complexity index is 833. The number of nitrogens with one attached hydrogen (secondary N) is 2. The van der Waals surface area contributed by atoms with Crippen molar-refractivity contribution in [1.82, 2.24) is 5.32 Å². The number of hydrogen-bond donors (Lipinski definition) is 2. The van der Waals surface area contributed by atoms with Crippen molar-refractivity contribution in [3.8, 4) is 0 Å². The van der Waals surface area contributed by atoms with Crippen LogP contribution in [0.5, 0.6) is 0 Å². The number of rotatable bonds is 7. The molecule has 4 bridgehead atoms. The van der Waals surface area contributed by atoms with Crippen LogP contribution in [0.4, 0.5) is 5.69 Å². The minimum Gasteiger partial charge on any atom is -0.487 e. The summed E-state index contributed by atoms with van der Waals surface area (Å²) in [5.41, 5.74) is 1.26. The van der Waals surface area contributed by atoms with Gasteiger partial charge >= 0.3 is 0 Å². The largest absolute Gasteiger partial charge is 0.487 e. The van der Waals surface area contributed by atoms with Crippen molar-refractivity contribution >= 4 is 41.0 Å². The summed E-state index contributed by atoms with van der Waals surface area (Å²) < 4.78 is 5.86. The lowest BCUT2D eigenvalue weighted by Crippen LogP contribution is -2.48. The number of carbonyl (C=O) groups excluding carboxylic acids is 2. The molecule has 5 nitrogen and oxygen atoms in total. The maximum absolute atomic E-state index is 12.5. The first kappa shape index (κ1) is 21.3. The van der Waals surface area contributed by atoms with Gasteiger partial charge in [0, 0.05) is 39.5 Å². The molecule has 0 unspecified atom stereocenters. The van der Waals surface area contributed by atoms with Gasteiger partial charge in [-0.1, -0.05) is 0 Å². The molecule has 0 radical (unpaired) electrons. The number of ether oxygens (including phenoxy) is 1. The van der Waals surface area contributed by atoms with Crippen molar-refractivity contribution < 1.29 is 14.3 Å². The van der Waals surface area contributed by atoms with Crippen molar-refractivity contribution in [2.75, 3.05) is 30.0 Å². The van der Waals surface area contributed by atoms with Crippen LogP contribution in [0.3, 0.4) is 0 Å². The lowest BCUT2D eigenvalue weighted by molar-refractivity contribution is -0.116. The van der Waals surface area contributed by atoms with Gasteiger partial charge < -0.3 is 15.4 Å². The Morgan fingerprint density at radius 3 is 2.32 bits per heavy atom. The van der Waals surface area contributed by atoms with Gasteiger partial charge in [0.05, 0.1) is 6.61 Å². The van der Waals surface area contributed by atoms with Crippen LogP contribution >= 0.6 is 23.5 Å². The maximum atomic E-state index is 12.5. The summed E-state index contributed by atoms with van der Waals surface area (Å²) in [6.45, 7) is 1.25. The first-order chi connectivity index (χ1) is 15.1. The molecule has 4 fully saturated rings. The highest BCUT2D eigenvalue weighted by Crippen LogP contribution is 2.60. The standard InChI is InChI=1S/C24H30N2O3S2/c27-22(19-1-3-20(4-2-19)26-23(28)21-15-30-8-6-29-21)25-5-7-31-24-12-16-9-17(13-24)11-18(10-16)14-24/h1-4,15-18H,5-14H2,(H,25,27)(H,26,28). The van der Waals surface area contributed by atoms with Crippen LogP contribution in [-0.2, 0) is 9.53 Å². The van der Waals surface area contributed by atoms with Gasteiger partial charge in [-0.15, -0.1) is 11.8 Å². The number of hydrogen-bond acceptors (Lipinski definition) is 5. The molecule has 2 amide bonds. The molecule has 0 atom stereocenters. The van der Waals surface area contributed by atoms with E-state index in [4.69, 9.17) is 4.74 Å². The summed E-state index contributed by atoms with van der Waals surface area (Å²) in [7, 11) is 0. The smallest absolute Gasteiger partial charge is 0.291 e. The Morgan fingerprint density at radius 1 is 1.03 bits per heavy atom. The third kappa shape index (κ3) is 4.92. The fourth-order valence-corrected chi connectivity index (χ4v) is 8.45. The van der Waals surface area contributed by atoms with Gasteiger partial charge in [-0.2, -0.15) is 11.8 Å². The van der Waals surface area contributed by atoms with E-state index in [9.17, 15) is 9.59 Å². The highest BCUT2D eigenvalue weighted by Gasteiger charge is 2.50. The molecule has 0 saturated heterocycles. The van der Waals surface area contributed by atoms with Crippen molar-refractivity contribution in [2.45, 2.75) is 43.3 Å². The SMILES string of the molecule is O=C(Nc1ccc(C(=O)NCCSC23CC4CC(CC(C4)C2)C3)cc1)C1=CSCCO1. The Labute approximate surface area is 192 Å². The van der Waals surface area contributed by atoms with E-state index in [1.54, 1.807) is 41.4 Å². The third-order valence-corrected chi connectivity index (χ3v) is 9.36. The zero-order valence-corrected chi connectivity index (χ0v) is 19.4. The van der Waals surface area contributed by atoms with E-state index < -0.39 is 0 Å². The van der Waals surface area contributed by atoms with Crippen LogP contribution in [0.1, 0.15) is 48.9 Å². The molecule has 2 N–H and O–H groups in total. The predicted octanol–water partition coefficient (Wildman–Crippen LogP) is 4.66. The zero-order valence-electron chi connectivity index (χ0n) is 17.7. The summed E-state index contributed by atoms with van der Waals surface area (Å²) >= 11 is 3.68. The molecule has 6 rings (SSSR count). The molecular formula is C24H30N2O3S2. The average Bonchev–Trinajstić information content (AvgIpc) is 2.77. The van der Waals surface area contributed by atoms with Crippen LogP contribution in [0.25, 0.3) is 0 Å². The van der Waals surface area contributed by atoms with Crippen molar-refractivity contribution in [3.63, 3.8) is 0 Å². The van der Waals surface area contributed by atoms with Gasteiger partial charge in [0.25, 0.3) is 11.8 Å². The van der Waals surface area contributed by atoms with Gasteiger partial charge in [0.1, 0.15) is 0 Å². The van der Waals surface area contributed by atoms with E-state index in [-0.39, 0.29) is 11.8 Å². The first-order valence-corrected chi connectivity index (χ1v) is 13.4. The summed E-state index contributed by atoms with van der Waals surface area (Å²) in [6, 6.07) is 7.02. The molecule has 7 heteroatoms. The molecule has 1 aromatic rings. The highest BCUT2D eigenvalue weighted by atomic mass is 32.2. The Kier molecular flexibility index (Phi) is 6.24. The first-order valence-electron chi connectivity index (χ1n) is 11.4. The molecule has 4 saturated carbocycles. The number of carbonyl (C=O) groups is 2. The molecule has 166 valence electrons. The zero-order chi connectivity index (χ0) is 21.3. The Balaban J connectivity index is 1.07. The Morgan fingerprint density at radius 2 is 1.71 bits per heavy atom. The molecule has 4 aliphatic carbocycles. The molecule has 0 spiro atoms. The molecule has 0 aromatic heterocycles. The minimum atomic E-state index is -0.258. The van der Waals surface area contributed by atoms with Gasteiger partial charge in [0.15, 0.2) is 5.76 Å². The van der Waals surface area contributed by atoms with E-state index in [0.717, 1.165) is 29.3 Å². The molecule has 1 aromatic carbocycles. The van der Waals surface area contributed by atoms with Crippen LogP contribution in [0, 0.1) is 17.8 Å². The van der Waals surface area contributed by atoms with E-state index in [0.29, 0.717) is 34.9 Å². The molecule has 1 heterocycles. The van der Waals surface area contributed by atoms with Crippen molar-refractivity contribution in [2.24, 2.45) is 17.8 Å². The number of benzene rings is 1. The maximum Gasteiger partial charge on any atom is 0.291 e. The topological polar surface area (TPSA) is 67.4 Å². The normalized spacial score (nSPS) is 31.0. The van der Waals surface area contributed by atoms with Gasteiger partial charge in [-0.25, -0.2) is 0 Å². The fourth-order valence-electron chi connectivity index (χ4n) is 6.13. The molecule has 31 heavy (non-hydrogen) atoms. The van der Waals surface area contributed by atoms with Gasteiger partial charge in [-0.05, 0) is 80.5 Å². The Hall–Kier alpha value is -1.60. The fraction of sp³-hybridized carbons (Fsp3) is 0.583. The lowest BCUT2D eigenvalue weighted by atomic mass is 9.56. The second-order valence-corrected chi connectivity index (χ2v) is 12.0. The van der Waals surface area contributed by atoms with Crippen molar-refractivity contribution in [1.29, 1.82) is 0 Å². The van der Waals surface area contributed by atoms with Crippen molar-refractivity contribution in [3.05, 3.63) is 41.0 Å². The third-order valence-electron chi connectivity index (χ3n) is 7.06. The van der Waals surface area contributed by atoms with Crippen LogP contribution in [-0.4, -0.2) is 41.2 Å². The molecular weight excluding hydrogens is 428 g/mol. The average molecular weight is 459 g/mol. The quantitative estimate of drug-likeness (QED) is 0.582. The minimum absolute atomic E-state index is 0.0567. The number of thioether (sulfide) groups is 2. The van der Waals surface area contributed by atoms with Crippen LogP contribution < -0.4 is 10.6 Å². The summed E-state index contributed by atoms with van der Waals surface area (Å²) in [5.74, 6) is 4.77. The van der Waals surface area contributed by atoms with Crippen LogP contribution in [0.2, 0.25) is 0 Å². The summed E-state index contributed by atoms with van der Waals surface area (Å²) in [5, 5.41) is 7.62. The van der Waals surface area contributed by atoms with E-state index in [1.165, 1.54) is 38.5 Å². The van der Waals surface area contributed by atoms with E-state index in [2.05, 4.69) is 22.4 Å². The number of amides is 2. The predicted molar refractivity (Wildman–Crippen MR) is 127 cm³/mol. The summed E-state index contributed by atoms with van der Waals surface area (Å²) in [6.07, 6.45) is 8.59. The monoisotopic (exact) mass is 458 g/mol. The number of anilines is 1. The summed E-state index contributed by atoms with van der Waals surface area (Å²) in [4.78, 5) is 24.7. The van der Waals surface area contributed by atoms with E-state index >= 15 is 0 Å². The highest BCUT2D eigenvalue weighted by molar-refractivity contribution is 8.02. The molecule has 5 aliphatic rings. The second kappa shape index (κ2) is 9.10. The van der Waals surface area contributed by atoms with E-state index in [1.807, 2.05) is 0 Å². The van der Waals surface area contributed by atoms with Crippen LogP contribution in [0.15, 0.2) is 35.4 Å². The van der Waals surface area contributed by atoms with Gasteiger partial charge in [-0.3, -0.25) is 9.59 Å². The lowest BCUT2D eigenvalue weighted by Gasteiger charge is -2.56.